The van der Waals surface area contributed by atoms with Gasteiger partial charge >= 0.3 is 0 Å². The molecule has 3 heterocycles. The van der Waals surface area contributed by atoms with E-state index in [-0.39, 0.29) is 0 Å². The van der Waals surface area contributed by atoms with Gasteiger partial charge in [-0.15, -0.1) is 0 Å². The predicted octanol–water partition coefficient (Wildman–Crippen LogP) is 1.75. The van der Waals surface area contributed by atoms with Crippen molar-refractivity contribution in [2.45, 2.75) is 18.9 Å². The Morgan fingerprint density at radius 2 is 2.00 bits per heavy atom. The van der Waals surface area contributed by atoms with Crippen molar-refractivity contribution in [2.24, 2.45) is 0 Å². The number of fused-ring (bicyclic) bond motifs is 1. The number of β-amino-alcohol motifs (C(OH)–C–C–N with tert-alkyl or cyclic N) is 1. The van der Waals surface area contributed by atoms with Crippen molar-refractivity contribution in [2.75, 3.05) is 18.0 Å². The van der Waals surface area contributed by atoms with E-state index in [0.717, 1.165) is 23.5 Å². The molecule has 1 aliphatic rings. The molecule has 0 aliphatic carbocycles. The number of hydrogen-bond acceptors (Lipinski definition) is 5. The van der Waals surface area contributed by atoms with Gasteiger partial charge in [-0.25, -0.2) is 4.98 Å². The molecule has 0 unspecified atom stereocenters. The molecule has 0 radical (unpaired) electrons. The highest BCUT2D eigenvalue weighted by atomic mass is 16.3. The van der Waals surface area contributed by atoms with Crippen LogP contribution in [-0.4, -0.2) is 43.4 Å². The van der Waals surface area contributed by atoms with Crippen LogP contribution in [0.15, 0.2) is 42.7 Å². The molecule has 1 aromatic carbocycles. The Kier molecular flexibility index (Phi) is 2.87. The van der Waals surface area contributed by atoms with Gasteiger partial charge in [0.05, 0.1) is 11.3 Å². The zero-order valence-corrected chi connectivity index (χ0v) is 12.3. The van der Waals surface area contributed by atoms with Gasteiger partial charge in [0.1, 0.15) is 12.1 Å². The lowest BCUT2D eigenvalue weighted by Crippen LogP contribution is -2.62. The number of benzene rings is 1. The molecule has 1 saturated heterocycles. The molecule has 1 aliphatic heterocycles. The summed E-state index contributed by atoms with van der Waals surface area (Å²) in [6.45, 7) is 3.22. The molecule has 1 N–H and O–H groups in total. The number of anilines is 1. The van der Waals surface area contributed by atoms with E-state index in [0.29, 0.717) is 18.9 Å². The second-order valence-electron chi connectivity index (χ2n) is 5.77. The third kappa shape index (κ3) is 2.03. The van der Waals surface area contributed by atoms with E-state index in [4.69, 9.17) is 0 Å². The van der Waals surface area contributed by atoms with E-state index < -0.39 is 5.60 Å². The molecule has 22 heavy (non-hydrogen) atoms. The maximum Gasteiger partial charge on any atom is 0.254 e. The highest BCUT2D eigenvalue weighted by Crippen LogP contribution is 2.31. The number of aromatic nitrogens is 4. The number of rotatable bonds is 3. The zero-order valence-electron chi connectivity index (χ0n) is 12.3. The van der Waals surface area contributed by atoms with E-state index in [1.165, 1.54) is 6.33 Å². The smallest absolute Gasteiger partial charge is 0.254 e. The summed E-state index contributed by atoms with van der Waals surface area (Å²) < 4.78 is 1.72. The Bertz CT molecular complexity index is 808. The molecular weight excluding hydrogens is 278 g/mol. The minimum absolute atomic E-state index is 0.572. The van der Waals surface area contributed by atoms with E-state index in [9.17, 15) is 5.11 Å². The summed E-state index contributed by atoms with van der Waals surface area (Å²) in [5.74, 6) is 1.49. The third-order valence-electron chi connectivity index (χ3n) is 4.26. The molecule has 3 aromatic rings. The molecule has 6 nitrogen and oxygen atoms in total. The first-order chi connectivity index (χ1) is 10.7. The van der Waals surface area contributed by atoms with Gasteiger partial charge in [0.25, 0.3) is 5.78 Å². The Morgan fingerprint density at radius 1 is 1.23 bits per heavy atom. The molecular formula is C16H17N5O. The Hall–Kier alpha value is -2.47. The maximum atomic E-state index is 10.3. The normalized spacial score (nSPS) is 16.7. The first-order valence-electron chi connectivity index (χ1n) is 7.42. The van der Waals surface area contributed by atoms with Crippen LogP contribution in [0.3, 0.4) is 0 Å². The fourth-order valence-electron chi connectivity index (χ4n) is 2.83. The summed E-state index contributed by atoms with van der Waals surface area (Å²) >= 11 is 0. The number of aliphatic hydroxyl groups is 1. The second-order valence-corrected chi connectivity index (χ2v) is 5.77. The highest BCUT2D eigenvalue weighted by molar-refractivity contribution is 5.66. The van der Waals surface area contributed by atoms with Crippen molar-refractivity contribution in [3.05, 3.63) is 42.7 Å². The molecule has 0 amide bonds. The first kappa shape index (κ1) is 13.2. The average Bonchev–Trinajstić information content (AvgIpc) is 3.00. The molecule has 0 saturated carbocycles. The minimum Gasteiger partial charge on any atom is -0.386 e. The minimum atomic E-state index is -0.594. The molecule has 0 spiro atoms. The molecule has 4 rings (SSSR count). The summed E-state index contributed by atoms with van der Waals surface area (Å²) in [7, 11) is 0. The summed E-state index contributed by atoms with van der Waals surface area (Å²) in [4.78, 5) is 10.9. The fourth-order valence-corrected chi connectivity index (χ4v) is 2.83. The lowest BCUT2D eigenvalue weighted by molar-refractivity contribution is 0.00784. The summed E-state index contributed by atoms with van der Waals surface area (Å²) in [5, 5.41) is 14.5. The first-order valence-corrected chi connectivity index (χ1v) is 7.42. The summed E-state index contributed by atoms with van der Waals surface area (Å²) in [6, 6.07) is 12.0. The Labute approximate surface area is 128 Å². The number of hydrogen-bond donors (Lipinski definition) is 1. The van der Waals surface area contributed by atoms with Gasteiger partial charge in [0, 0.05) is 24.7 Å². The van der Waals surface area contributed by atoms with Gasteiger partial charge in [0.2, 0.25) is 0 Å². The lowest BCUT2D eigenvalue weighted by Gasteiger charge is -2.47. The van der Waals surface area contributed by atoms with Crippen LogP contribution in [-0.2, 0) is 0 Å². The van der Waals surface area contributed by atoms with Crippen LogP contribution >= 0.6 is 0 Å². The van der Waals surface area contributed by atoms with Crippen molar-refractivity contribution in [1.82, 2.24) is 19.6 Å². The van der Waals surface area contributed by atoms with E-state index >= 15 is 0 Å². The van der Waals surface area contributed by atoms with Gasteiger partial charge in [-0.05, 0) is 6.42 Å². The van der Waals surface area contributed by atoms with Crippen molar-refractivity contribution >= 4 is 11.6 Å². The second kappa shape index (κ2) is 4.78. The average molecular weight is 295 g/mol. The van der Waals surface area contributed by atoms with Crippen molar-refractivity contribution in [3.8, 4) is 11.3 Å². The molecule has 6 heteroatoms. The lowest BCUT2D eigenvalue weighted by atomic mass is 9.91. The van der Waals surface area contributed by atoms with Crippen LogP contribution in [0, 0.1) is 0 Å². The molecule has 2 aromatic heterocycles. The van der Waals surface area contributed by atoms with Gasteiger partial charge in [-0.1, -0.05) is 37.3 Å². The molecule has 0 atom stereocenters. The highest BCUT2D eigenvalue weighted by Gasteiger charge is 2.40. The van der Waals surface area contributed by atoms with Crippen LogP contribution in [0.2, 0.25) is 0 Å². The van der Waals surface area contributed by atoms with Crippen LogP contribution < -0.4 is 4.90 Å². The number of nitrogens with zero attached hydrogens (tertiary/aromatic N) is 5. The van der Waals surface area contributed by atoms with E-state index in [2.05, 4.69) is 20.0 Å². The Balaban J connectivity index is 1.79. The SMILES string of the molecule is CCC1(O)CN(c2cc(-c3ccccc3)nc3ncnn23)C1. The molecule has 1 fully saturated rings. The standard InChI is InChI=1S/C16H17N5O/c1-2-16(22)9-20(10-16)14-8-13(12-6-4-3-5-7-12)19-15-17-11-18-21(14)15/h3-8,11,22H,2,9-10H2,1H3. The van der Waals surface area contributed by atoms with Crippen molar-refractivity contribution in [3.63, 3.8) is 0 Å². The van der Waals surface area contributed by atoms with Crippen LogP contribution in [0.25, 0.3) is 17.0 Å². The van der Waals surface area contributed by atoms with E-state index in [1.54, 1.807) is 4.52 Å². The summed E-state index contributed by atoms with van der Waals surface area (Å²) in [5.41, 5.74) is 1.31. The van der Waals surface area contributed by atoms with E-state index in [1.807, 2.05) is 43.3 Å². The maximum absolute atomic E-state index is 10.3. The largest absolute Gasteiger partial charge is 0.386 e. The Morgan fingerprint density at radius 3 is 2.73 bits per heavy atom. The molecule has 0 bridgehead atoms. The van der Waals surface area contributed by atoms with Crippen LogP contribution in [0.5, 0.6) is 0 Å². The molecule has 112 valence electrons. The third-order valence-corrected chi connectivity index (χ3v) is 4.26. The fraction of sp³-hybridized carbons (Fsp3) is 0.312. The van der Waals surface area contributed by atoms with Gasteiger partial charge in [-0.2, -0.15) is 14.6 Å². The predicted molar refractivity (Wildman–Crippen MR) is 83.7 cm³/mol. The van der Waals surface area contributed by atoms with Crippen molar-refractivity contribution < 1.29 is 5.11 Å². The van der Waals surface area contributed by atoms with Crippen LogP contribution in [0.1, 0.15) is 13.3 Å². The zero-order chi connectivity index (χ0) is 15.2. The van der Waals surface area contributed by atoms with Crippen LogP contribution in [0.4, 0.5) is 5.82 Å². The monoisotopic (exact) mass is 295 g/mol. The van der Waals surface area contributed by atoms with Gasteiger partial charge in [-0.3, -0.25) is 0 Å². The van der Waals surface area contributed by atoms with Gasteiger partial charge < -0.3 is 10.0 Å². The van der Waals surface area contributed by atoms with Crippen molar-refractivity contribution in [1.29, 1.82) is 0 Å². The topological polar surface area (TPSA) is 66.5 Å². The quantitative estimate of drug-likeness (QED) is 0.797. The van der Waals surface area contributed by atoms with Gasteiger partial charge in [0.15, 0.2) is 0 Å². The summed E-state index contributed by atoms with van der Waals surface area (Å²) in [6.07, 6.45) is 2.26.